The van der Waals surface area contributed by atoms with Crippen molar-refractivity contribution in [3.63, 3.8) is 0 Å². The number of likely N-dealkylation sites (N-methyl/N-ethyl adjacent to an activating group) is 1. The van der Waals surface area contributed by atoms with Gasteiger partial charge in [-0.1, -0.05) is 24.3 Å². The first-order valence-electron chi connectivity index (χ1n) is 10.1. The fourth-order valence-electron chi connectivity index (χ4n) is 2.87. The summed E-state index contributed by atoms with van der Waals surface area (Å²) in [6.45, 7) is 6.27. The van der Waals surface area contributed by atoms with Crippen molar-refractivity contribution in [1.82, 2.24) is 10.2 Å². The Balaban J connectivity index is 2.23. The second-order valence-corrected chi connectivity index (χ2v) is 7.64. The molecule has 0 unspecified atom stereocenters. The zero-order valence-corrected chi connectivity index (χ0v) is 18.2. The summed E-state index contributed by atoms with van der Waals surface area (Å²) in [5.41, 5.74) is 1.22. The summed E-state index contributed by atoms with van der Waals surface area (Å²) < 4.78 is 38.5. The minimum absolute atomic E-state index is 0.00517. The minimum Gasteiger partial charge on any atom is -0.346 e. The van der Waals surface area contributed by atoms with Gasteiger partial charge in [-0.3, -0.25) is 9.69 Å². The molecule has 0 aromatic heterocycles. The van der Waals surface area contributed by atoms with Crippen LogP contribution in [0.2, 0.25) is 0 Å². The number of alkyl halides is 3. The smallest absolute Gasteiger partial charge is 0.346 e. The third-order valence-corrected chi connectivity index (χ3v) is 4.78. The number of amides is 3. The van der Waals surface area contributed by atoms with Crippen LogP contribution in [0.25, 0.3) is 0 Å². The van der Waals surface area contributed by atoms with Crippen LogP contribution >= 0.6 is 0 Å². The van der Waals surface area contributed by atoms with Crippen molar-refractivity contribution in [3.05, 3.63) is 65.2 Å². The highest BCUT2D eigenvalue weighted by atomic mass is 19.4. The van der Waals surface area contributed by atoms with Crippen molar-refractivity contribution < 1.29 is 22.8 Å². The van der Waals surface area contributed by atoms with Crippen molar-refractivity contribution in [2.24, 2.45) is 0 Å². The number of nitrogens with one attached hydrogen (secondary N) is 1. The Kier molecular flexibility index (Phi) is 8.08. The van der Waals surface area contributed by atoms with Gasteiger partial charge in [0.05, 0.1) is 18.5 Å². The van der Waals surface area contributed by atoms with E-state index in [0.29, 0.717) is 17.8 Å². The first kappa shape index (κ1) is 24.2. The summed E-state index contributed by atoms with van der Waals surface area (Å²) in [6, 6.07) is 11.3. The summed E-state index contributed by atoms with van der Waals surface area (Å²) in [6.07, 6.45) is -4.16. The highest BCUT2D eigenvalue weighted by Gasteiger charge is 2.30. The summed E-state index contributed by atoms with van der Waals surface area (Å²) >= 11 is 0. The van der Waals surface area contributed by atoms with Gasteiger partial charge in [0.15, 0.2) is 0 Å². The molecular formula is C23H28F3N3O2. The molecule has 0 aliphatic carbocycles. The molecule has 168 valence electrons. The van der Waals surface area contributed by atoms with Crippen LogP contribution in [0.4, 0.5) is 23.7 Å². The van der Waals surface area contributed by atoms with Gasteiger partial charge in [-0.2, -0.15) is 13.2 Å². The molecule has 0 radical (unpaired) electrons. The Labute approximate surface area is 180 Å². The van der Waals surface area contributed by atoms with E-state index in [4.69, 9.17) is 0 Å². The van der Waals surface area contributed by atoms with Gasteiger partial charge in [0.1, 0.15) is 0 Å². The van der Waals surface area contributed by atoms with E-state index in [1.165, 1.54) is 17.0 Å². The number of carbonyl (C=O) groups excluding carboxylic acids is 2. The summed E-state index contributed by atoms with van der Waals surface area (Å²) in [5, 5.41) is 2.81. The van der Waals surface area contributed by atoms with E-state index in [1.54, 1.807) is 36.2 Å². The van der Waals surface area contributed by atoms with Gasteiger partial charge in [-0.15, -0.1) is 0 Å². The van der Waals surface area contributed by atoms with Crippen molar-refractivity contribution in [2.45, 2.75) is 46.0 Å². The van der Waals surface area contributed by atoms with E-state index in [-0.39, 0.29) is 30.9 Å². The zero-order valence-electron chi connectivity index (χ0n) is 18.2. The molecule has 2 aromatic carbocycles. The molecule has 1 N–H and O–H groups in total. The molecule has 8 heteroatoms. The molecule has 5 nitrogen and oxygen atoms in total. The lowest BCUT2D eigenvalue weighted by Gasteiger charge is -2.25. The molecule has 31 heavy (non-hydrogen) atoms. The lowest BCUT2D eigenvalue weighted by Crippen LogP contribution is -2.42. The standard InChI is InChI=1S/C23H28F3N3O2/c1-5-28(4)21(30)14-17-8-12-20(13-9-17)29(22(31)27-16(2)3)15-18-6-10-19(11-7-18)23(24,25)26/h6-13,16H,5,14-15H2,1-4H3,(H,27,31). The first-order valence-corrected chi connectivity index (χ1v) is 10.1. The first-order chi connectivity index (χ1) is 14.5. The SMILES string of the molecule is CCN(C)C(=O)Cc1ccc(N(Cc2ccc(C(F)(F)F)cc2)C(=O)NC(C)C)cc1. The Hall–Kier alpha value is -3.03. The third-order valence-electron chi connectivity index (χ3n) is 4.78. The second-order valence-electron chi connectivity index (χ2n) is 7.64. The average Bonchev–Trinajstić information content (AvgIpc) is 2.71. The Bertz CT molecular complexity index is 878. The topological polar surface area (TPSA) is 52.7 Å². The fourth-order valence-corrected chi connectivity index (χ4v) is 2.87. The van der Waals surface area contributed by atoms with Gasteiger partial charge >= 0.3 is 12.2 Å². The largest absolute Gasteiger partial charge is 0.416 e. The number of carbonyl (C=O) groups is 2. The van der Waals surface area contributed by atoms with E-state index in [2.05, 4.69) is 5.32 Å². The number of halogens is 3. The number of hydrogen-bond acceptors (Lipinski definition) is 2. The number of hydrogen-bond donors (Lipinski definition) is 1. The zero-order chi connectivity index (χ0) is 23.2. The van der Waals surface area contributed by atoms with E-state index in [0.717, 1.165) is 17.7 Å². The lowest BCUT2D eigenvalue weighted by molar-refractivity contribution is -0.137. The van der Waals surface area contributed by atoms with E-state index in [1.807, 2.05) is 20.8 Å². The molecular weight excluding hydrogens is 407 g/mol. The molecule has 0 spiro atoms. The van der Waals surface area contributed by atoms with Crippen molar-refractivity contribution >= 4 is 17.6 Å². The molecule has 0 fully saturated rings. The Morgan fingerprint density at radius 2 is 1.52 bits per heavy atom. The molecule has 0 atom stereocenters. The molecule has 0 aliphatic heterocycles. The van der Waals surface area contributed by atoms with Crippen LogP contribution in [0, 0.1) is 0 Å². The van der Waals surface area contributed by atoms with E-state index in [9.17, 15) is 22.8 Å². The highest BCUT2D eigenvalue weighted by Crippen LogP contribution is 2.29. The van der Waals surface area contributed by atoms with Crippen LogP contribution in [-0.4, -0.2) is 36.5 Å². The van der Waals surface area contributed by atoms with Crippen LogP contribution in [0.5, 0.6) is 0 Å². The number of rotatable bonds is 7. The maximum atomic E-state index is 12.8. The average molecular weight is 435 g/mol. The summed E-state index contributed by atoms with van der Waals surface area (Å²) in [7, 11) is 1.73. The number of anilines is 1. The number of nitrogens with zero attached hydrogens (tertiary/aromatic N) is 2. The van der Waals surface area contributed by atoms with Crippen LogP contribution < -0.4 is 10.2 Å². The fraction of sp³-hybridized carbons (Fsp3) is 0.391. The normalized spacial score (nSPS) is 11.4. The molecule has 0 saturated heterocycles. The molecule has 2 aromatic rings. The maximum absolute atomic E-state index is 12.8. The number of urea groups is 1. The van der Waals surface area contributed by atoms with Gasteiger partial charge in [0, 0.05) is 25.3 Å². The molecule has 0 heterocycles. The predicted octanol–water partition coefficient (Wildman–Crippen LogP) is 4.85. The molecule has 2 rings (SSSR count). The molecule has 0 saturated carbocycles. The molecule has 3 amide bonds. The van der Waals surface area contributed by atoms with Gasteiger partial charge in [0.25, 0.3) is 0 Å². The molecule has 0 bridgehead atoms. The van der Waals surface area contributed by atoms with Crippen LogP contribution in [0.15, 0.2) is 48.5 Å². The van der Waals surface area contributed by atoms with Crippen molar-refractivity contribution in [3.8, 4) is 0 Å². The summed E-state index contributed by atoms with van der Waals surface area (Å²) in [5.74, 6) is -0.00517. The van der Waals surface area contributed by atoms with Crippen LogP contribution in [0.1, 0.15) is 37.5 Å². The van der Waals surface area contributed by atoms with Gasteiger partial charge in [0.2, 0.25) is 5.91 Å². The van der Waals surface area contributed by atoms with Crippen molar-refractivity contribution in [2.75, 3.05) is 18.5 Å². The van der Waals surface area contributed by atoms with E-state index >= 15 is 0 Å². The van der Waals surface area contributed by atoms with Gasteiger partial charge < -0.3 is 10.2 Å². The monoisotopic (exact) mass is 435 g/mol. The predicted molar refractivity (Wildman–Crippen MR) is 115 cm³/mol. The number of benzene rings is 2. The quantitative estimate of drug-likeness (QED) is 0.676. The molecule has 0 aliphatic rings. The second kappa shape index (κ2) is 10.3. The Morgan fingerprint density at radius 1 is 0.968 bits per heavy atom. The summed E-state index contributed by atoms with van der Waals surface area (Å²) in [4.78, 5) is 27.9. The van der Waals surface area contributed by atoms with Gasteiger partial charge in [-0.05, 0) is 56.2 Å². The van der Waals surface area contributed by atoms with Crippen molar-refractivity contribution in [1.29, 1.82) is 0 Å². The van der Waals surface area contributed by atoms with Crippen LogP contribution in [-0.2, 0) is 23.9 Å². The lowest BCUT2D eigenvalue weighted by atomic mass is 10.1. The maximum Gasteiger partial charge on any atom is 0.416 e. The highest BCUT2D eigenvalue weighted by molar-refractivity contribution is 5.92. The Morgan fingerprint density at radius 3 is 2.00 bits per heavy atom. The van der Waals surface area contributed by atoms with Crippen LogP contribution in [0.3, 0.4) is 0 Å². The van der Waals surface area contributed by atoms with Gasteiger partial charge in [-0.25, -0.2) is 4.79 Å². The van der Waals surface area contributed by atoms with E-state index < -0.39 is 11.7 Å². The minimum atomic E-state index is -4.41. The third kappa shape index (κ3) is 7.01.